The van der Waals surface area contributed by atoms with Crippen LogP contribution in [0.5, 0.6) is 0 Å². The van der Waals surface area contributed by atoms with E-state index in [0.717, 1.165) is 0 Å². The van der Waals surface area contributed by atoms with Crippen LogP contribution in [0, 0.1) is 23.7 Å². The third-order valence-electron chi connectivity index (χ3n) is 7.91. The summed E-state index contributed by atoms with van der Waals surface area (Å²) in [4.78, 5) is 0. The maximum Gasteiger partial charge on any atom is 0.0717 e. The summed E-state index contributed by atoms with van der Waals surface area (Å²) in [5, 5.41) is 0. The molecule has 4 bridgehead atoms. The smallest absolute Gasteiger partial charge is 0.0717 e. The van der Waals surface area contributed by atoms with Crippen LogP contribution in [0.4, 0.5) is 0 Å². The minimum atomic E-state index is 0.108. The Kier molecular flexibility index (Phi) is 2.67. The predicted octanol–water partition coefficient (Wildman–Crippen LogP) is 4.56. The van der Waals surface area contributed by atoms with Gasteiger partial charge in [0, 0.05) is 0 Å². The van der Waals surface area contributed by atoms with E-state index in [2.05, 4.69) is 41.5 Å². The third-order valence-corrected chi connectivity index (χ3v) is 7.91. The standard InChI is InChI=1S/C19H32O2/c1-12-8-16(3)10-14(18(12,5)20-16)7-15-11-17(4)9-13(2)19(15,6)21-17/h12-15H,7-11H2,1-6H3. The second-order valence-electron chi connectivity index (χ2n) is 9.72. The molecule has 0 spiro atoms. The van der Waals surface area contributed by atoms with E-state index in [1.54, 1.807) is 0 Å². The normalized spacial score (nSPS) is 65.4. The Morgan fingerprint density at radius 3 is 1.38 bits per heavy atom. The second kappa shape index (κ2) is 3.87. The van der Waals surface area contributed by atoms with Gasteiger partial charge in [-0.2, -0.15) is 0 Å². The van der Waals surface area contributed by atoms with E-state index >= 15 is 0 Å². The van der Waals surface area contributed by atoms with Crippen molar-refractivity contribution in [1.29, 1.82) is 0 Å². The SMILES string of the molecule is CC1CC2(C)CC(CC3CC4(C)CC(C)C3(C)O4)C1(C)O2. The maximum atomic E-state index is 6.51. The van der Waals surface area contributed by atoms with Gasteiger partial charge >= 0.3 is 0 Å². The zero-order valence-corrected chi connectivity index (χ0v) is 14.7. The molecule has 0 aromatic rings. The molecule has 0 saturated carbocycles. The lowest BCUT2D eigenvalue weighted by Gasteiger charge is -2.41. The zero-order valence-electron chi connectivity index (χ0n) is 14.7. The van der Waals surface area contributed by atoms with Gasteiger partial charge in [0.15, 0.2) is 0 Å². The summed E-state index contributed by atoms with van der Waals surface area (Å²) in [5.41, 5.74) is 0.510. The minimum Gasteiger partial charge on any atom is -0.369 e. The van der Waals surface area contributed by atoms with Crippen molar-refractivity contribution in [2.24, 2.45) is 23.7 Å². The average Bonchev–Trinajstić information content (AvgIpc) is 2.88. The van der Waals surface area contributed by atoms with Gasteiger partial charge in [-0.3, -0.25) is 0 Å². The number of hydrogen-bond donors (Lipinski definition) is 0. The lowest BCUT2D eigenvalue weighted by molar-refractivity contribution is -0.0675. The lowest BCUT2D eigenvalue weighted by Crippen LogP contribution is -2.43. The van der Waals surface area contributed by atoms with Crippen molar-refractivity contribution >= 4 is 0 Å². The van der Waals surface area contributed by atoms with Gasteiger partial charge in [0.2, 0.25) is 0 Å². The van der Waals surface area contributed by atoms with Crippen LogP contribution in [0.1, 0.15) is 73.6 Å². The molecule has 4 heterocycles. The summed E-state index contributed by atoms with van der Waals surface area (Å²) in [6.07, 6.45) is 6.29. The molecule has 4 saturated heterocycles. The summed E-state index contributed by atoms with van der Waals surface area (Å²) in [7, 11) is 0. The van der Waals surface area contributed by atoms with Gasteiger partial charge in [0.1, 0.15) is 0 Å². The molecule has 21 heavy (non-hydrogen) atoms. The van der Waals surface area contributed by atoms with Crippen LogP contribution in [-0.4, -0.2) is 22.4 Å². The molecule has 4 aliphatic rings. The largest absolute Gasteiger partial charge is 0.369 e. The van der Waals surface area contributed by atoms with Crippen LogP contribution < -0.4 is 0 Å². The van der Waals surface area contributed by atoms with Crippen molar-refractivity contribution in [2.45, 2.75) is 96.1 Å². The van der Waals surface area contributed by atoms with E-state index in [0.29, 0.717) is 23.7 Å². The zero-order chi connectivity index (χ0) is 15.3. The fourth-order valence-electron chi connectivity index (χ4n) is 6.69. The third kappa shape index (κ3) is 1.78. The van der Waals surface area contributed by atoms with Crippen molar-refractivity contribution in [1.82, 2.24) is 0 Å². The van der Waals surface area contributed by atoms with Crippen molar-refractivity contribution in [2.75, 3.05) is 0 Å². The van der Waals surface area contributed by atoms with Gasteiger partial charge in [0.25, 0.3) is 0 Å². The van der Waals surface area contributed by atoms with Crippen molar-refractivity contribution < 1.29 is 9.47 Å². The second-order valence-corrected chi connectivity index (χ2v) is 9.72. The van der Waals surface area contributed by atoms with Crippen LogP contribution in [0.2, 0.25) is 0 Å². The number of hydrogen-bond acceptors (Lipinski definition) is 2. The molecule has 120 valence electrons. The van der Waals surface area contributed by atoms with Gasteiger partial charge in [-0.15, -0.1) is 0 Å². The topological polar surface area (TPSA) is 18.5 Å². The molecule has 4 fully saturated rings. The fraction of sp³-hybridized carbons (Fsp3) is 1.00. The van der Waals surface area contributed by atoms with Crippen LogP contribution in [0.3, 0.4) is 0 Å². The lowest BCUT2D eigenvalue weighted by atomic mass is 9.62. The van der Waals surface area contributed by atoms with Crippen LogP contribution in [0.15, 0.2) is 0 Å². The van der Waals surface area contributed by atoms with E-state index in [-0.39, 0.29) is 22.4 Å². The molecule has 0 aromatic carbocycles. The van der Waals surface area contributed by atoms with Gasteiger partial charge in [-0.1, -0.05) is 13.8 Å². The molecule has 0 aromatic heterocycles. The fourth-order valence-corrected chi connectivity index (χ4v) is 6.69. The molecule has 8 unspecified atom stereocenters. The average molecular weight is 292 g/mol. The van der Waals surface area contributed by atoms with Crippen LogP contribution in [-0.2, 0) is 9.47 Å². The minimum absolute atomic E-state index is 0.108. The Hall–Kier alpha value is -0.0800. The summed E-state index contributed by atoms with van der Waals surface area (Å²) < 4.78 is 13.0. The Morgan fingerprint density at radius 2 is 1.10 bits per heavy atom. The van der Waals surface area contributed by atoms with Gasteiger partial charge in [-0.25, -0.2) is 0 Å². The van der Waals surface area contributed by atoms with Crippen molar-refractivity contribution in [3.05, 3.63) is 0 Å². The predicted molar refractivity (Wildman–Crippen MR) is 84.2 cm³/mol. The van der Waals surface area contributed by atoms with Crippen LogP contribution in [0.25, 0.3) is 0 Å². The molecule has 2 nitrogen and oxygen atoms in total. The van der Waals surface area contributed by atoms with Gasteiger partial charge in [-0.05, 0) is 83.5 Å². The van der Waals surface area contributed by atoms with E-state index in [9.17, 15) is 0 Å². The van der Waals surface area contributed by atoms with E-state index in [4.69, 9.17) is 9.47 Å². The number of rotatable bonds is 2. The molecule has 2 heteroatoms. The first-order chi connectivity index (χ1) is 9.59. The van der Waals surface area contributed by atoms with Crippen LogP contribution >= 0.6 is 0 Å². The number of fused-ring (bicyclic) bond motifs is 4. The van der Waals surface area contributed by atoms with E-state index in [1.807, 2.05) is 0 Å². The van der Waals surface area contributed by atoms with Crippen molar-refractivity contribution in [3.8, 4) is 0 Å². The molecule has 8 atom stereocenters. The van der Waals surface area contributed by atoms with Crippen molar-refractivity contribution in [3.63, 3.8) is 0 Å². The molecular formula is C19H32O2. The summed E-state index contributed by atoms with van der Waals surface area (Å²) in [5.74, 6) is 2.82. The molecule has 4 rings (SSSR count). The molecule has 4 aliphatic heterocycles. The first-order valence-electron chi connectivity index (χ1n) is 8.99. The Balaban J connectivity index is 1.56. The Bertz CT molecular complexity index is 434. The summed E-state index contributed by atoms with van der Waals surface area (Å²) >= 11 is 0. The van der Waals surface area contributed by atoms with E-state index < -0.39 is 0 Å². The Morgan fingerprint density at radius 1 is 0.714 bits per heavy atom. The highest BCUT2D eigenvalue weighted by Crippen LogP contribution is 2.63. The summed E-state index contributed by atoms with van der Waals surface area (Å²) in [6, 6.07) is 0. The quantitative estimate of drug-likeness (QED) is 0.742. The molecular weight excluding hydrogens is 260 g/mol. The highest BCUT2D eigenvalue weighted by Gasteiger charge is 2.64. The monoisotopic (exact) mass is 292 g/mol. The maximum absolute atomic E-state index is 6.51. The number of ether oxygens (including phenoxy) is 2. The highest BCUT2D eigenvalue weighted by atomic mass is 16.5. The molecule has 0 amide bonds. The first kappa shape index (κ1) is 14.5. The molecule has 0 aliphatic carbocycles. The first-order valence-corrected chi connectivity index (χ1v) is 8.99. The van der Waals surface area contributed by atoms with E-state index in [1.165, 1.54) is 32.1 Å². The Labute approximate surface area is 130 Å². The van der Waals surface area contributed by atoms with Gasteiger partial charge < -0.3 is 9.47 Å². The highest BCUT2D eigenvalue weighted by molar-refractivity contribution is 5.13. The van der Waals surface area contributed by atoms with Gasteiger partial charge in [0.05, 0.1) is 22.4 Å². The molecule has 0 radical (unpaired) electrons. The molecule has 0 N–H and O–H groups in total. The summed E-state index contributed by atoms with van der Waals surface area (Å²) in [6.45, 7) is 14.2.